The number of benzene rings is 1. The van der Waals surface area contributed by atoms with Crippen molar-refractivity contribution in [2.45, 2.75) is 13.5 Å². The van der Waals surface area contributed by atoms with Crippen LogP contribution in [0.3, 0.4) is 0 Å². The summed E-state index contributed by atoms with van der Waals surface area (Å²) in [4.78, 5) is 11.4. The van der Waals surface area contributed by atoms with E-state index >= 15 is 0 Å². The number of nitrogens with two attached hydrogens (primary N) is 1. The van der Waals surface area contributed by atoms with Crippen LogP contribution in [0, 0.1) is 6.92 Å². The molecule has 0 fully saturated rings. The first-order valence-electron chi connectivity index (χ1n) is 6.71. The highest BCUT2D eigenvalue weighted by atomic mass is 16.1. The lowest BCUT2D eigenvalue weighted by molar-refractivity contribution is 0.1000. The van der Waals surface area contributed by atoms with Gasteiger partial charge in [-0.25, -0.2) is 4.52 Å². The van der Waals surface area contributed by atoms with Crippen LogP contribution in [0.25, 0.3) is 5.52 Å². The first-order chi connectivity index (χ1) is 10.2. The first kappa shape index (κ1) is 13.2. The molecule has 3 N–H and O–H groups in total. The summed E-state index contributed by atoms with van der Waals surface area (Å²) in [6, 6.07) is 11.4. The van der Waals surface area contributed by atoms with E-state index in [0.717, 1.165) is 22.3 Å². The van der Waals surface area contributed by atoms with Gasteiger partial charge in [-0.1, -0.05) is 12.1 Å². The molecule has 5 nitrogen and oxygen atoms in total. The van der Waals surface area contributed by atoms with Crippen molar-refractivity contribution in [2.24, 2.45) is 5.73 Å². The third-order valence-electron chi connectivity index (χ3n) is 3.57. The van der Waals surface area contributed by atoms with E-state index in [9.17, 15) is 4.79 Å². The molecule has 5 heteroatoms. The van der Waals surface area contributed by atoms with Gasteiger partial charge in [0.2, 0.25) is 5.91 Å². The molecular formula is C16H16N4O. The molecular weight excluding hydrogens is 264 g/mol. The van der Waals surface area contributed by atoms with E-state index in [1.165, 1.54) is 0 Å². The van der Waals surface area contributed by atoms with Gasteiger partial charge in [-0.3, -0.25) is 4.79 Å². The van der Waals surface area contributed by atoms with Gasteiger partial charge in [0, 0.05) is 29.6 Å². The molecule has 0 unspecified atom stereocenters. The largest absolute Gasteiger partial charge is 0.381 e. The minimum absolute atomic E-state index is 0.410. The molecule has 0 saturated carbocycles. The summed E-state index contributed by atoms with van der Waals surface area (Å²) in [6.07, 6.45) is 3.76. The molecule has 0 aliphatic carbocycles. The van der Waals surface area contributed by atoms with Gasteiger partial charge in [-0.2, -0.15) is 5.10 Å². The van der Waals surface area contributed by atoms with Crippen molar-refractivity contribution in [2.75, 3.05) is 5.32 Å². The number of anilines is 1. The van der Waals surface area contributed by atoms with E-state index in [1.54, 1.807) is 6.07 Å². The second kappa shape index (κ2) is 5.28. The summed E-state index contributed by atoms with van der Waals surface area (Å²) in [6.45, 7) is 2.52. The van der Waals surface area contributed by atoms with Crippen LogP contribution in [0.4, 0.5) is 5.69 Å². The standard InChI is InChI=1S/C16H16N4O/c1-11-13(16(17)21)5-4-6-14(11)18-9-12-10-19-20-8-3-2-7-15(12)20/h2-8,10,18H,9H2,1H3,(H2,17,21). The molecule has 2 heterocycles. The zero-order valence-corrected chi connectivity index (χ0v) is 11.7. The third-order valence-corrected chi connectivity index (χ3v) is 3.57. The van der Waals surface area contributed by atoms with Crippen LogP contribution >= 0.6 is 0 Å². The minimum atomic E-state index is -0.410. The molecule has 0 spiro atoms. The number of rotatable bonds is 4. The van der Waals surface area contributed by atoms with Crippen LogP contribution in [0.1, 0.15) is 21.5 Å². The second-order valence-corrected chi connectivity index (χ2v) is 4.90. The molecule has 3 rings (SSSR count). The van der Waals surface area contributed by atoms with Crippen LogP contribution in [0.5, 0.6) is 0 Å². The minimum Gasteiger partial charge on any atom is -0.381 e. The van der Waals surface area contributed by atoms with Crippen molar-refractivity contribution in [3.05, 3.63) is 65.5 Å². The number of fused-ring (bicyclic) bond motifs is 1. The normalized spacial score (nSPS) is 10.7. The van der Waals surface area contributed by atoms with E-state index in [1.807, 2.05) is 54.2 Å². The van der Waals surface area contributed by atoms with Gasteiger partial charge in [0.25, 0.3) is 0 Å². The predicted octanol–water partition coefficient (Wildman–Crippen LogP) is 2.35. The van der Waals surface area contributed by atoms with Crippen molar-refractivity contribution in [1.29, 1.82) is 0 Å². The highest BCUT2D eigenvalue weighted by Gasteiger charge is 2.09. The Morgan fingerprint density at radius 3 is 2.95 bits per heavy atom. The quantitative estimate of drug-likeness (QED) is 0.770. The number of carbonyl (C=O) groups is 1. The second-order valence-electron chi connectivity index (χ2n) is 4.90. The Kier molecular flexibility index (Phi) is 3.31. The maximum Gasteiger partial charge on any atom is 0.249 e. The molecule has 2 aromatic heterocycles. The molecule has 106 valence electrons. The number of primary amides is 1. The summed E-state index contributed by atoms with van der Waals surface area (Å²) in [5.74, 6) is -0.410. The van der Waals surface area contributed by atoms with Crippen molar-refractivity contribution in [3.8, 4) is 0 Å². The number of carbonyl (C=O) groups excluding carboxylic acids is 1. The highest BCUT2D eigenvalue weighted by molar-refractivity contribution is 5.95. The first-order valence-corrected chi connectivity index (χ1v) is 6.71. The van der Waals surface area contributed by atoms with E-state index in [0.29, 0.717) is 12.1 Å². The monoisotopic (exact) mass is 280 g/mol. The number of hydrogen-bond acceptors (Lipinski definition) is 3. The zero-order chi connectivity index (χ0) is 14.8. The van der Waals surface area contributed by atoms with Crippen molar-refractivity contribution in [1.82, 2.24) is 9.61 Å². The van der Waals surface area contributed by atoms with Gasteiger partial charge >= 0.3 is 0 Å². The Labute approximate surface area is 122 Å². The van der Waals surface area contributed by atoms with Crippen LogP contribution in [-0.4, -0.2) is 15.5 Å². The smallest absolute Gasteiger partial charge is 0.249 e. The highest BCUT2D eigenvalue weighted by Crippen LogP contribution is 2.20. The maximum atomic E-state index is 11.4. The van der Waals surface area contributed by atoms with Crippen LogP contribution < -0.4 is 11.1 Å². The van der Waals surface area contributed by atoms with Gasteiger partial charge in [-0.05, 0) is 36.8 Å². The van der Waals surface area contributed by atoms with E-state index in [2.05, 4.69) is 10.4 Å². The van der Waals surface area contributed by atoms with Gasteiger partial charge < -0.3 is 11.1 Å². The number of amides is 1. The Bertz CT molecular complexity index is 807. The summed E-state index contributed by atoms with van der Waals surface area (Å²) >= 11 is 0. The fourth-order valence-electron chi connectivity index (χ4n) is 2.41. The fraction of sp³-hybridized carbons (Fsp3) is 0.125. The summed E-state index contributed by atoms with van der Waals surface area (Å²) < 4.78 is 1.84. The average molecular weight is 280 g/mol. The fourth-order valence-corrected chi connectivity index (χ4v) is 2.41. The molecule has 0 atom stereocenters. The molecule has 0 aliphatic heterocycles. The molecule has 3 aromatic rings. The molecule has 21 heavy (non-hydrogen) atoms. The Morgan fingerprint density at radius 2 is 2.14 bits per heavy atom. The van der Waals surface area contributed by atoms with Gasteiger partial charge in [0.05, 0.1) is 11.7 Å². The van der Waals surface area contributed by atoms with E-state index in [-0.39, 0.29) is 0 Å². The zero-order valence-electron chi connectivity index (χ0n) is 11.7. The maximum absolute atomic E-state index is 11.4. The van der Waals surface area contributed by atoms with Crippen molar-refractivity contribution < 1.29 is 4.79 Å². The topological polar surface area (TPSA) is 72.4 Å². The number of pyridine rings is 1. The van der Waals surface area contributed by atoms with E-state index in [4.69, 9.17) is 5.73 Å². The van der Waals surface area contributed by atoms with E-state index < -0.39 is 5.91 Å². The number of aromatic nitrogens is 2. The Balaban J connectivity index is 1.85. The lowest BCUT2D eigenvalue weighted by Crippen LogP contribution is -2.13. The summed E-state index contributed by atoms with van der Waals surface area (Å²) in [5.41, 5.74) is 9.84. The lowest BCUT2D eigenvalue weighted by atomic mass is 10.1. The van der Waals surface area contributed by atoms with Gasteiger partial charge in [0.15, 0.2) is 0 Å². The average Bonchev–Trinajstić information content (AvgIpc) is 2.89. The third kappa shape index (κ3) is 2.45. The van der Waals surface area contributed by atoms with Gasteiger partial charge in [-0.15, -0.1) is 0 Å². The molecule has 1 aromatic carbocycles. The van der Waals surface area contributed by atoms with Crippen LogP contribution in [0.2, 0.25) is 0 Å². The number of hydrogen-bond donors (Lipinski definition) is 2. The summed E-state index contributed by atoms with van der Waals surface area (Å²) in [5, 5.41) is 7.64. The Morgan fingerprint density at radius 1 is 1.29 bits per heavy atom. The van der Waals surface area contributed by atoms with Gasteiger partial charge in [0.1, 0.15) is 0 Å². The number of nitrogens with zero attached hydrogens (tertiary/aromatic N) is 2. The number of nitrogens with one attached hydrogen (secondary N) is 1. The summed E-state index contributed by atoms with van der Waals surface area (Å²) in [7, 11) is 0. The van der Waals surface area contributed by atoms with Crippen molar-refractivity contribution >= 4 is 17.1 Å². The molecule has 0 bridgehead atoms. The van der Waals surface area contributed by atoms with Crippen LogP contribution in [0.15, 0.2) is 48.8 Å². The SMILES string of the molecule is Cc1c(NCc2cnn3ccccc23)cccc1C(N)=O. The molecule has 0 aliphatic rings. The molecule has 0 radical (unpaired) electrons. The molecule has 1 amide bonds. The van der Waals surface area contributed by atoms with Crippen LogP contribution in [-0.2, 0) is 6.54 Å². The Hall–Kier alpha value is -2.82. The van der Waals surface area contributed by atoms with Crippen molar-refractivity contribution in [3.63, 3.8) is 0 Å². The predicted molar refractivity (Wildman–Crippen MR) is 82.2 cm³/mol. The lowest BCUT2D eigenvalue weighted by Gasteiger charge is -2.11. The molecule has 0 saturated heterocycles.